The second-order valence-corrected chi connectivity index (χ2v) is 6.06. The van der Waals surface area contributed by atoms with Gasteiger partial charge in [0.05, 0.1) is 0 Å². The van der Waals surface area contributed by atoms with Crippen LogP contribution in [0.4, 0.5) is 0 Å². The number of carbonyl (C=O) groups is 1. The van der Waals surface area contributed by atoms with Crippen molar-refractivity contribution in [2.75, 3.05) is 19.6 Å². The Bertz CT molecular complexity index is 760. The van der Waals surface area contributed by atoms with Gasteiger partial charge in [-0.25, -0.2) is 0 Å². The summed E-state index contributed by atoms with van der Waals surface area (Å²) in [7, 11) is 1.65. The van der Waals surface area contributed by atoms with Crippen molar-refractivity contribution >= 4 is 18.3 Å². The number of nitrogens with zero attached hydrogens (tertiary/aromatic N) is 2. The van der Waals surface area contributed by atoms with Crippen molar-refractivity contribution in [3.05, 3.63) is 70.1 Å². The second kappa shape index (κ2) is 7.64. The van der Waals surface area contributed by atoms with Crippen LogP contribution in [0.2, 0.25) is 0 Å². The molecular weight excluding hydrogens is 326 g/mol. The molecule has 0 radical (unpaired) electrons. The van der Waals surface area contributed by atoms with E-state index in [1.54, 1.807) is 30.3 Å². The molecule has 2 heterocycles. The number of amides is 1. The molecule has 0 aliphatic carbocycles. The fourth-order valence-corrected chi connectivity index (χ4v) is 3.28. The number of benzene rings is 1. The number of hydrogen-bond donors (Lipinski definition) is 1. The third-order valence-electron chi connectivity index (χ3n) is 4.61. The van der Waals surface area contributed by atoms with Crippen LogP contribution in [0.15, 0.2) is 53.5 Å². The Labute approximate surface area is 147 Å². The fourth-order valence-electron chi connectivity index (χ4n) is 3.28. The molecule has 2 atom stereocenters. The average Bonchev–Trinajstić information content (AvgIpc) is 3.02. The smallest absolute Gasteiger partial charge is 0.263 e. The second-order valence-electron chi connectivity index (χ2n) is 6.06. The van der Waals surface area contributed by atoms with Gasteiger partial charge in [-0.15, -0.1) is 12.4 Å². The van der Waals surface area contributed by atoms with Crippen LogP contribution >= 0.6 is 12.4 Å². The molecule has 1 saturated heterocycles. The highest BCUT2D eigenvalue weighted by Gasteiger charge is 2.36. The molecule has 2 N–H and O–H groups in total. The van der Waals surface area contributed by atoms with Crippen molar-refractivity contribution in [1.82, 2.24) is 9.47 Å². The Hall–Kier alpha value is -2.11. The molecule has 24 heavy (non-hydrogen) atoms. The fraction of sp³-hybridized carbons (Fsp3) is 0.333. The summed E-state index contributed by atoms with van der Waals surface area (Å²) >= 11 is 0. The largest absolute Gasteiger partial charge is 0.337 e. The lowest BCUT2D eigenvalue weighted by molar-refractivity contribution is 0.0784. The molecule has 0 unspecified atom stereocenters. The number of aromatic nitrogens is 1. The minimum Gasteiger partial charge on any atom is -0.337 e. The molecule has 2 aromatic rings. The lowest BCUT2D eigenvalue weighted by Crippen LogP contribution is -2.35. The maximum absolute atomic E-state index is 12.7. The van der Waals surface area contributed by atoms with Crippen molar-refractivity contribution in [2.45, 2.75) is 5.92 Å². The summed E-state index contributed by atoms with van der Waals surface area (Å²) in [4.78, 5) is 26.6. The highest BCUT2D eigenvalue weighted by molar-refractivity contribution is 5.94. The normalized spacial score (nSPS) is 19.8. The van der Waals surface area contributed by atoms with Crippen molar-refractivity contribution in [1.29, 1.82) is 0 Å². The van der Waals surface area contributed by atoms with E-state index in [0.29, 0.717) is 19.6 Å². The summed E-state index contributed by atoms with van der Waals surface area (Å²) in [6.07, 6.45) is 1.65. The first-order valence-electron chi connectivity index (χ1n) is 7.81. The zero-order chi connectivity index (χ0) is 16.4. The van der Waals surface area contributed by atoms with E-state index in [4.69, 9.17) is 5.73 Å². The van der Waals surface area contributed by atoms with Crippen molar-refractivity contribution < 1.29 is 4.79 Å². The molecule has 0 bridgehead atoms. The van der Waals surface area contributed by atoms with Crippen LogP contribution in [0, 0.1) is 5.92 Å². The van der Waals surface area contributed by atoms with Gasteiger partial charge in [0.1, 0.15) is 5.56 Å². The Morgan fingerprint density at radius 3 is 2.54 bits per heavy atom. The average molecular weight is 348 g/mol. The zero-order valence-corrected chi connectivity index (χ0v) is 14.4. The lowest BCUT2D eigenvalue weighted by atomic mass is 9.89. The minimum absolute atomic E-state index is 0. The van der Waals surface area contributed by atoms with Gasteiger partial charge in [0, 0.05) is 32.3 Å². The van der Waals surface area contributed by atoms with Crippen LogP contribution in [0.1, 0.15) is 21.8 Å². The van der Waals surface area contributed by atoms with E-state index in [9.17, 15) is 9.59 Å². The molecule has 0 saturated carbocycles. The number of likely N-dealkylation sites (tertiary alicyclic amines) is 1. The number of nitrogens with two attached hydrogens (primary N) is 1. The summed E-state index contributed by atoms with van der Waals surface area (Å²) in [5.41, 5.74) is 7.07. The van der Waals surface area contributed by atoms with Crippen molar-refractivity contribution in [2.24, 2.45) is 18.7 Å². The van der Waals surface area contributed by atoms with Gasteiger partial charge in [-0.2, -0.15) is 0 Å². The van der Waals surface area contributed by atoms with Gasteiger partial charge >= 0.3 is 0 Å². The Kier molecular flexibility index (Phi) is 5.80. The SMILES string of the molecule is Cl.Cn1cccc(C(=O)N2C[C@@H](CN)[C@H](c3ccccc3)C2)c1=O. The quantitative estimate of drug-likeness (QED) is 0.917. The van der Waals surface area contributed by atoms with E-state index in [1.807, 2.05) is 18.2 Å². The van der Waals surface area contributed by atoms with Crippen LogP contribution < -0.4 is 11.3 Å². The van der Waals surface area contributed by atoms with Gasteiger partial charge in [-0.3, -0.25) is 9.59 Å². The van der Waals surface area contributed by atoms with E-state index in [2.05, 4.69) is 12.1 Å². The molecule has 128 valence electrons. The summed E-state index contributed by atoms with van der Waals surface area (Å²) in [5.74, 6) is 0.231. The standard InChI is InChI=1S/C18H21N3O2.ClH/c1-20-9-5-8-15(17(20)22)18(23)21-11-14(10-19)16(12-21)13-6-3-2-4-7-13;/h2-9,14,16H,10-12,19H2,1H3;1H/t14-,16+;/m1./s1. The number of pyridine rings is 1. The van der Waals surface area contributed by atoms with Gasteiger partial charge < -0.3 is 15.2 Å². The summed E-state index contributed by atoms with van der Waals surface area (Å²) in [5, 5.41) is 0. The molecule has 1 fully saturated rings. The number of rotatable bonds is 3. The van der Waals surface area contributed by atoms with Crippen LogP contribution in [0.25, 0.3) is 0 Å². The summed E-state index contributed by atoms with van der Waals surface area (Å²) in [6.45, 7) is 1.71. The molecule has 1 amide bonds. The van der Waals surface area contributed by atoms with Crippen LogP contribution in [-0.2, 0) is 7.05 Å². The minimum atomic E-state index is -0.259. The predicted molar refractivity (Wildman–Crippen MR) is 96.6 cm³/mol. The van der Waals surface area contributed by atoms with E-state index >= 15 is 0 Å². The van der Waals surface area contributed by atoms with Gasteiger partial charge in [0.25, 0.3) is 11.5 Å². The number of halogens is 1. The van der Waals surface area contributed by atoms with Crippen LogP contribution in [-0.4, -0.2) is 35.0 Å². The monoisotopic (exact) mass is 347 g/mol. The van der Waals surface area contributed by atoms with Crippen molar-refractivity contribution in [3.63, 3.8) is 0 Å². The third kappa shape index (κ3) is 3.37. The molecule has 1 aromatic carbocycles. The molecule has 1 aliphatic rings. The molecule has 0 spiro atoms. The summed E-state index contributed by atoms with van der Waals surface area (Å²) < 4.78 is 1.43. The van der Waals surface area contributed by atoms with E-state index in [0.717, 1.165) is 0 Å². The number of carbonyl (C=O) groups excluding carboxylic acids is 1. The Morgan fingerprint density at radius 1 is 1.17 bits per heavy atom. The van der Waals surface area contributed by atoms with Gasteiger partial charge in [-0.1, -0.05) is 30.3 Å². The molecule has 3 rings (SSSR count). The van der Waals surface area contributed by atoms with E-state index < -0.39 is 0 Å². The molecule has 6 heteroatoms. The highest BCUT2D eigenvalue weighted by Crippen LogP contribution is 2.32. The van der Waals surface area contributed by atoms with Crippen LogP contribution in [0.5, 0.6) is 0 Å². The predicted octanol–water partition coefficient (Wildman–Crippen LogP) is 1.62. The molecule has 1 aromatic heterocycles. The molecule has 5 nitrogen and oxygen atoms in total. The number of hydrogen-bond acceptors (Lipinski definition) is 3. The first-order chi connectivity index (χ1) is 11.1. The Morgan fingerprint density at radius 2 is 1.88 bits per heavy atom. The number of aryl methyl sites for hydroxylation is 1. The van der Waals surface area contributed by atoms with Crippen LogP contribution in [0.3, 0.4) is 0 Å². The maximum Gasteiger partial charge on any atom is 0.263 e. The van der Waals surface area contributed by atoms with E-state index in [1.165, 1.54) is 10.1 Å². The first-order valence-corrected chi connectivity index (χ1v) is 7.81. The zero-order valence-electron chi connectivity index (χ0n) is 13.6. The topological polar surface area (TPSA) is 68.3 Å². The highest BCUT2D eigenvalue weighted by atomic mass is 35.5. The first kappa shape index (κ1) is 18.2. The summed E-state index contributed by atoms with van der Waals surface area (Å²) in [6, 6.07) is 13.4. The Balaban J connectivity index is 0.00000208. The molecule has 1 aliphatic heterocycles. The lowest BCUT2D eigenvalue weighted by Gasteiger charge is -2.17. The van der Waals surface area contributed by atoms with Gasteiger partial charge in [0.2, 0.25) is 0 Å². The third-order valence-corrected chi connectivity index (χ3v) is 4.61. The molecular formula is C18H22ClN3O2. The van der Waals surface area contributed by atoms with Crippen molar-refractivity contribution in [3.8, 4) is 0 Å². The van der Waals surface area contributed by atoms with Gasteiger partial charge in [0.15, 0.2) is 0 Å². The van der Waals surface area contributed by atoms with E-state index in [-0.39, 0.29) is 41.3 Å². The van der Waals surface area contributed by atoms with Gasteiger partial charge in [-0.05, 0) is 30.2 Å². The maximum atomic E-state index is 12.7.